The van der Waals surface area contributed by atoms with Gasteiger partial charge in [0, 0.05) is 11.3 Å². The second-order valence-corrected chi connectivity index (χ2v) is 4.86. The van der Waals surface area contributed by atoms with Gasteiger partial charge in [-0.15, -0.1) is 0 Å². The molecule has 0 amide bonds. The summed E-state index contributed by atoms with van der Waals surface area (Å²) in [7, 11) is 0. The molecule has 1 atom stereocenters. The van der Waals surface area contributed by atoms with Crippen LogP contribution in [-0.2, 0) is 0 Å². The van der Waals surface area contributed by atoms with Gasteiger partial charge in [-0.1, -0.05) is 19.1 Å². The standard InChI is InChI=1S/C16H17F3N2/c1-3-9-20-16(13-6-4-5-10(2)21-13)11-7-8-12(17)15(19)14(11)18/h4-8,16,20H,3,9H2,1-2H3. The first-order chi connectivity index (χ1) is 10.0. The van der Waals surface area contributed by atoms with E-state index < -0.39 is 23.5 Å². The molecular formula is C16H17F3N2. The summed E-state index contributed by atoms with van der Waals surface area (Å²) < 4.78 is 40.6. The van der Waals surface area contributed by atoms with E-state index in [0.29, 0.717) is 12.2 Å². The molecule has 1 aromatic heterocycles. The SMILES string of the molecule is CCCNC(c1cccc(C)n1)c1ccc(F)c(F)c1F. The van der Waals surface area contributed by atoms with E-state index >= 15 is 0 Å². The minimum Gasteiger partial charge on any atom is -0.305 e. The Bertz CT molecular complexity index is 629. The molecule has 1 heterocycles. The zero-order chi connectivity index (χ0) is 15.4. The number of nitrogens with one attached hydrogen (secondary N) is 1. The lowest BCUT2D eigenvalue weighted by molar-refractivity contribution is 0.431. The van der Waals surface area contributed by atoms with Gasteiger partial charge < -0.3 is 5.32 Å². The highest BCUT2D eigenvalue weighted by Gasteiger charge is 2.22. The molecule has 1 N–H and O–H groups in total. The molecule has 0 aliphatic heterocycles. The van der Waals surface area contributed by atoms with Gasteiger partial charge in [-0.05, 0) is 38.1 Å². The van der Waals surface area contributed by atoms with E-state index in [2.05, 4.69) is 10.3 Å². The highest BCUT2D eigenvalue weighted by Crippen LogP contribution is 2.26. The van der Waals surface area contributed by atoms with Gasteiger partial charge >= 0.3 is 0 Å². The predicted octanol–water partition coefficient (Wildman–Crippen LogP) is 3.90. The second kappa shape index (κ2) is 6.72. The van der Waals surface area contributed by atoms with Crippen molar-refractivity contribution >= 4 is 0 Å². The van der Waals surface area contributed by atoms with Crippen molar-refractivity contribution in [3.63, 3.8) is 0 Å². The van der Waals surface area contributed by atoms with Gasteiger partial charge in [0.1, 0.15) is 0 Å². The third kappa shape index (κ3) is 3.42. The van der Waals surface area contributed by atoms with Crippen molar-refractivity contribution < 1.29 is 13.2 Å². The minimum absolute atomic E-state index is 0.0560. The molecule has 2 aromatic rings. The Hall–Kier alpha value is -1.88. The summed E-state index contributed by atoms with van der Waals surface area (Å²) in [5.41, 5.74) is 1.41. The lowest BCUT2D eigenvalue weighted by atomic mass is 10.0. The van der Waals surface area contributed by atoms with Crippen molar-refractivity contribution in [1.82, 2.24) is 10.3 Å². The van der Waals surface area contributed by atoms with E-state index in [9.17, 15) is 13.2 Å². The third-order valence-electron chi connectivity index (χ3n) is 3.18. The van der Waals surface area contributed by atoms with Gasteiger partial charge in [0.25, 0.3) is 0 Å². The zero-order valence-electron chi connectivity index (χ0n) is 12.0. The highest BCUT2D eigenvalue weighted by molar-refractivity contribution is 5.31. The first-order valence-electron chi connectivity index (χ1n) is 6.85. The maximum absolute atomic E-state index is 14.0. The van der Waals surface area contributed by atoms with Crippen molar-refractivity contribution in [3.8, 4) is 0 Å². The molecule has 0 fully saturated rings. The van der Waals surface area contributed by atoms with Crippen molar-refractivity contribution in [2.75, 3.05) is 6.54 Å². The topological polar surface area (TPSA) is 24.9 Å². The molecule has 1 unspecified atom stereocenters. The Kier molecular flexibility index (Phi) is 4.96. The van der Waals surface area contributed by atoms with Crippen LogP contribution in [0, 0.1) is 24.4 Å². The summed E-state index contributed by atoms with van der Waals surface area (Å²) in [6, 6.07) is 6.94. The van der Waals surface area contributed by atoms with Gasteiger partial charge in [-0.3, -0.25) is 4.98 Å². The molecule has 1 aromatic carbocycles. The molecule has 0 aliphatic rings. The number of hydrogen-bond donors (Lipinski definition) is 1. The van der Waals surface area contributed by atoms with Gasteiger partial charge in [0.2, 0.25) is 0 Å². The van der Waals surface area contributed by atoms with Gasteiger partial charge in [0.15, 0.2) is 17.5 Å². The molecule has 0 aliphatic carbocycles. The summed E-state index contributed by atoms with van der Waals surface area (Å²) in [6.07, 6.45) is 0.827. The number of halogens is 3. The third-order valence-corrected chi connectivity index (χ3v) is 3.18. The average molecular weight is 294 g/mol. The van der Waals surface area contributed by atoms with Crippen LogP contribution < -0.4 is 5.32 Å². The summed E-state index contributed by atoms with van der Waals surface area (Å²) in [4.78, 5) is 4.35. The summed E-state index contributed by atoms with van der Waals surface area (Å²) in [6.45, 7) is 4.40. The van der Waals surface area contributed by atoms with E-state index in [1.54, 1.807) is 12.1 Å². The molecule has 112 valence electrons. The monoisotopic (exact) mass is 294 g/mol. The Morgan fingerprint density at radius 1 is 1.10 bits per heavy atom. The number of aryl methyl sites for hydroxylation is 1. The van der Waals surface area contributed by atoms with Crippen LogP contribution in [-0.4, -0.2) is 11.5 Å². The number of hydrogen-bond acceptors (Lipinski definition) is 2. The molecule has 0 radical (unpaired) electrons. The molecule has 5 heteroatoms. The van der Waals surface area contributed by atoms with Gasteiger partial charge in [-0.2, -0.15) is 0 Å². The normalized spacial score (nSPS) is 12.4. The number of aromatic nitrogens is 1. The number of pyridine rings is 1. The molecule has 21 heavy (non-hydrogen) atoms. The maximum atomic E-state index is 14.0. The van der Waals surface area contributed by atoms with Crippen molar-refractivity contribution in [3.05, 3.63) is 64.7 Å². The predicted molar refractivity (Wildman–Crippen MR) is 75.4 cm³/mol. The second-order valence-electron chi connectivity index (χ2n) is 4.86. The quantitative estimate of drug-likeness (QED) is 0.846. The number of rotatable bonds is 5. The fourth-order valence-electron chi connectivity index (χ4n) is 2.15. The molecule has 0 saturated heterocycles. The first kappa shape index (κ1) is 15.5. The smallest absolute Gasteiger partial charge is 0.194 e. The van der Waals surface area contributed by atoms with Crippen LogP contribution >= 0.6 is 0 Å². The van der Waals surface area contributed by atoms with Crippen molar-refractivity contribution in [2.24, 2.45) is 0 Å². The Balaban J connectivity index is 2.48. The van der Waals surface area contributed by atoms with Crippen LogP contribution in [0.3, 0.4) is 0 Å². The summed E-state index contributed by atoms with van der Waals surface area (Å²) >= 11 is 0. The lowest BCUT2D eigenvalue weighted by Crippen LogP contribution is -2.25. The molecule has 0 saturated carbocycles. The van der Waals surface area contributed by atoms with Crippen LogP contribution in [0.2, 0.25) is 0 Å². The van der Waals surface area contributed by atoms with Crippen LogP contribution in [0.4, 0.5) is 13.2 Å². The first-order valence-corrected chi connectivity index (χ1v) is 6.85. The van der Waals surface area contributed by atoms with E-state index in [1.165, 1.54) is 6.07 Å². The molecule has 0 bridgehead atoms. The van der Waals surface area contributed by atoms with E-state index in [1.807, 2.05) is 19.9 Å². The average Bonchev–Trinajstić information content (AvgIpc) is 2.47. The van der Waals surface area contributed by atoms with Crippen molar-refractivity contribution in [2.45, 2.75) is 26.3 Å². The van der Waals surface area contributed by atoms with E-state index in [4.69, 9.17) is 0 Å². The number of nitrogens with zero attached hydrogens (tertiary/aromatic N) is 1. The van der Waals surface area contributed by atoms with Crippen LogP contribution in [0.1, 0.15) is 36.3 Å². The maximum Gasteiger partial charge on any atom is 0.194 e. The minimum atomic E-state index is -1.46. The molecule has 2 nitrogen and oxygen atoms in total. The van der Waals surface area contributed by atoms with Gasteiger partial charge in [-0.25, -0.2) is 13.2 Å². The fraction of sp³-hybridized carbons (Fsp3) is 0.312. The number of benzene rings is 1. The fourth-order valence-corrected chi connectivity index (χ4v) is 2.15. The highest BCUT2D eigenvalue weighted by atomic mass is 19.2. The zero-order valence-corrected chi connectivity index (χ0v) is 12.0. The lowest BCUT2D eigenvalue weighted by Gasteiger charge is -2.20. The van der Waals surface area contributed by atoms with E-state index in [0.717, 1.165) is 18.2 Å². The molecule has 2 rings (SSSR count). The Morgan fingerprint density at radius 2 is 1.86 bits per heavy atom. The molecule has 0 spiro atoms. The van der Waals surface area contributed by atoms with Crippen LogP contribution in [0.5, 0.6) is 0 Å². The van der Waals surface area contributed by atoms with E-state index in [-0.39, 0.29) is 5.56 Å². The summed E-state index contributed by atoms with van der Waals surface area (Å²) in [5, 5.41) is 3.13. The Morgan fingerprint density at radius 3 is 2.52 bits per heavy atom. The van der Waals surface area contributed by atoms with Gasteiger partial charge in [0.05, 0.1) is 11.7 Å². The molecular weight excluding hydrogens is 277 g/mol. The van der Waals surface area contributed by atoms with Crippen LogP contribution in [0.25, 0.3) is 0 Å². The van der Waals surface area contributed by atoms with Crippen molar-refractivity contribution in [1.29, 1.82) is 0 Å². The van der Waals surface area contributed by atoms with Crippen LogP contribution in [0.15, 0.2) is 30.3 Å². The largest absolute Gasteiger partial charge is 0.305 e. The Labute approximate surface area is 122 Å². The summed E-state index contributed by atoms with van der Waals surface area (Å²) in [5.74, 6) is -3.82.